The lowest BCUT2D eigenvalue weighted by atomic mass is 10.1. The van der Waals surface area contributed by atoms with Crippen molar-refractivity contribution in [3.05, 3.63) is 29.8 Å². The molecule has 18 heavy (non-hydrogen) atoms. The zero-order valence-electron chi connectivity index (χ0n) is 11.7. The van der Waals surface area contributed by atoms with Crippen molar-refractivity contribution in [3.63, 3.8) is 0 Å². The third-order valence-electron chi connectivity index (χ3n) is 3.33. The summed E-state index contributed by atoms with van der Waals surface area (Å²) in [4.78, 5) is 0. The molecule has 2 nitrogen and oxygen atoms in total. The van der Waals surface area contributed by atoms with Crippen LogP contribution in [0, 0.1) is 5.92 Å². The fourth-order valence-corrected chi connectivity index (χ4v) is 2.20. The number of ether oxygens (including phenoxy) is 2. The van der Waals surface area contributed by atoms with Gasteiger partial charge in [-0.3, -0.25) is 0 Å². The van der Waals surface area contributed by atoms with Crippen LogP contribution in [-0.2, 0) is 11.2 Å². The average Bonchev–Trinajstić information content (AvgIpc) is 3.13. The second kappa shape index (κ2) is 6.24. The van der Waals surface area contributed by atoms with Crippen LogP contribution < -0.4 is 4.74 Å². The molecule has 2 rings (SSSR count). The van der Waals surface area contributed by atoms with Gasteiger partial charge in [-0.2, -0.15) is 0 Å². The lowest BCUT2D eigenvalue weighted by Gasteiger charge is -2.12. The topological polar surface area (TPSA) is 21.8 Å². The molecule has 0 aromatic heterocycles. The Labute approximate surface area is 110 Å². The first kappa shape index (κ1) is 13.4. The zero-order valence-corrected chi connectivity index (χ0v) is 11.7. The largest absolute Gasteiger partial charge is 0.493 e. The lowest BCUT2D eigenvalue weighted by Crippen LogP contribution is -2.06. The van der Waals surface area contributed by atoms with Crippen LogP contribution >= 0.6 is 0 Å². The number of epoxide rings is 1. The Bertz CT molecular complexity index is 373. The summed E-state index contributed by atoms with van der Waals surface area (Å²) in [5, 5.41) is 0. The smallest absolute Gasteiger partial charge is 0.122 e. The van der Waals surface area contributed by atoms with Crippen molar-refractivity contribution >= 4 is 0 Å². The highest BCUT2D eigenvalue weighted by Crippen LogP contribution is 2.30. The number of hydrogen-bond acceptors (Lipinski definition) is 2. The first-order valence-corrected chi connectivity index (χ1v) is 7.06. The van der Waals surface area contributed by atoms with E-state index in [4.69, 9.17) is 9.47 Å². The number of benzene rings is 1. The maximum Gasteiger partial charge on any atom is 0.122 e. The Morgan fingerprint density at radius 3 is 2.67 bits per heavy atom. The minimum atomic E-state index is 0.480. The van der Waals surface area contributed by atoms with E-state index in [1.807, 2.05) is 6.07 Å². The standard InChI is InChI=1S/C16H24O2/c1-4-14-16(18-14)10-9-13-7-5-6-8-15(13)17-11-12(2)3/h5-8,12,14,16H,4,9-11H2,1-3H3. The second-order valence-corrected chi connectivity index (χ2v) is 5.47. The summed E-state index contributed by atoms with van der Waals surface area (Å²) in [6.07, 6.45) is 4.29. The van der Waals surface area contributed by atoms with Crippen molar-refractivity contribution in [2.45, 2.75) is 52.2 Å². The second-order valence-electron chi connectivity index (χ2n) is 5.47. The Kier molecular flexibility index (Phi) is 4.65. The molecule has 0 bridgehead atoms. The highest BCUT2D eigenvalue weighted by Gasteiger charge is 2.36. The van der Waals surface area contributed by atoms with E-state index in [1.54, 1.807) is 0 Å². The van der Waals surface area contributed by atoms with Gasteiger partial charge >= 0.3 is 0 Å². The third-order valence-corrected chi connectivity index (χ3v) is 3.33. The first-order chi connectivity index (χ1) is 8.70. The van der Waals surface area contributed by atoms with Gasteiger partial charge in [0.05, 0.1) is 18.8 Å². The van der Waals surface area contributed by atoms with Gasteiger partial charge in [0.2, 0.25) is 0 Å². The molecule has 0 amide bonds. The Balaban J connectivity index is 1.86. The van der Waals surface area contributed by atoms with E-state index >= 15 is 0 Å². The number of hydrogen-bond donors (Lipinski definition) is 0. The van der Waals surface area contributed by atoms with Crippen LogP contribution in [0.3, 0.4) is 0 Å². The molecular formula is C16H24O2. The van der Waals surface area contributed by atoms with Gasteiger partial charge in [0.25, 0.3) is 0 Å². The van der Waals surface area contributed by atoms with Gasteiger partial charge in [-0.25, -0.2) is 0 Å². The Morgan fingerprint density at radius 2 is 2.00 bits per heavy atom. The molecule has 0 spiro atoms. The quantitative estimate of drug-likeness (QED) is 0.684. The monoisotopic (exact) mass is 248 g/mol. The molecule has 1 aromatic rings. The molecule has 100 valence electrons. The molecule has 1 saturated heterocycles. The molecule has 1 aromatic carbocycles. The molecule has 0 N–H and O–H groups in total. The van der Waals surface area contributed by atoms with Crippen LogP contribution in [0.25, 0.3) is 0 Å². The van der Waals surface area contributed by atoms with Crippen LogP contribution in [0.1, 0.15) is 39.2 Å². The molecule has 2 unspecified atom stereocenters. The van der Waals surface area contributed by atoms with Gasteiger partial charge in [-0.05, 0) is 36.8 Å². The summed E-state index contributed by atoms with van der Waals surface area (Å²) in [6, 6.07) is 8.37. The van der Waals surface area contributed by atoms with E-state index in [0.717, 1.165) is 31.6 Å². The molecule has 1 aliphatic heterocycles. The molecule has 1 fully saturated rings. The normalized spacial score (nSPS) is 22.2. The summed E-state index contributed by atoms with van der Waals surface area (Å²) in [6.45, 7) is 7.32. The van der Waals surface area contributed by atoms with Gasteiger partial charge in [0, 0.05) is 0 Å². The fourth-order valence-electron chi connectivity index (χ4n) is 2.20. The van der Waals surface area contributed by atoms with E-state index in [9.17, 15) is 0 Å². The molecule has 2 atom stereocenters. The highest BCUT2D eigenvalue weighted by atomic mass is 16.6. The minimum absolute atomic E-state index is 0.480. The molecule has 1 aliphatic rings. The molecule has 0 radical (unpaired) electrons. The lowest BCUT2D eigenvalue weighted by molar-refractivity contribution is 0.268. The van der Waals surface area contributed by atoms with Gasteiger partial charge in [-0.1, -0.05) is 39.0 Å². The van der Waals surface area contributed by atoms with Crippen molar-refractivity contribution in [1.82, 2.24) is 0 Å². The van der Waals surface area contributed by atoms with E-state index in [1.165, 1.54) is 5.56 Å². The summed E-state index contributed by atoms with van der Waals surface area (Å²) in [5.41, 5.74) is 1.31. The minimum Gasteiger partial charge on any atom is -0.493 e. The number of aryl methyl sites for hydroxylation is 1. The third kappa shape index (κ3) is 3.74. The summed E-state index contributed by atoms with van der Waals surface area (Å²) < 4.78 is 11.4. The maximum absolute atomic E-state index is 5.86. The molecule has 0 saturated carbocycles. The molecule has 2 heteroatoms. The molecule has 1 heterocycles. The van der Waals surface area contributed by atoms with Crippen molar-refractivity contribution in [1.29, 1.82) is 0 Å². The van der Waals surface area contributed by atoms with Crippen LogP contribution in [0.5, 0.6) is 5.75 Å². The van der Waals surface area contributed by atoms with Gasteiger partial charge in [-0.15, -0.1) is 0 Å². The SMILES string of the molecule is CCC1OC1CCc1ccccc1OCC(C)C. The van der Waals surface area contributed by atoms with E-state index in [0.29, 0.717) is 18.1 Å². The fraction of sp³-hybridized carbons (Fsp3) is 0.625. The average molecular weight is 248 g/mol. The maximum atomic E-state index is 5.86. The van der Waals surface area contributed by atoms with Crippen molar-refractivity contribution < 1.29 is 9.47 Å². The summed E-state index contributed by atoms with van der Waals surface area (Å²) in [7, 11) is 0. The zero-order chi connectivity index (χ0) is 13.0. The van der Waals surface area contributed by atoms with E-state index < -0.39 is 0 Å². The van der Waals surface area contributed by atoms with E-state index in [-0.39, 0.29) is 0 Å². The van der Waals surface area contributed by atoms with Crippen LogP contribution in [0.4, 0.5) is 0 Å². The van der Waals surface area contributed by atoms with Crippen molar-refractivity contribution in [2.24, 2.45) is 5.92 Å². The number of para-hydroxylation sites is 1. The Hall–Kier alpha value is -1.02. The predicted molar refractivity (Wildman–Crippen MR) is 74.0 cm³/mol. The predicted octanol–water partition coefficient (Wildman–Crippen LogP) is 3.83. The molecular weight excluding hydrogens is 224 g/mol. The van der Waals surface area contributed by atoms with E-state index in [2.05, 4.69) is 39.0 Å². The van der Waals surface area contributed by atoms with Crippen LogP contribution in [0.15, 0.2) is 24.3 Å². The van der Waals surface area contributed by atoms with Crippen LogP contribution in [0.2, 0.25) is 0 Å². The first-order valence-electron chi connectivity index (χ1n) is 7.06. The number of rotatable bonds is 7. The Morgan fingerprint density at radius 1 is 1.22 bits per heavy atom. The van der Waals surface area contributed by atoms with Gasteiger partial charge in [0.15, 0.2) is 0 Å². The highest BCUT2D eigenvalue weighted by molar-refractivity contribution is 5.33. The summed E-state index contributed by atoms with van der Waals surface area (Å²) >= 11 is 0. The van der Waals surface area contributed by atoms with Crippen molar-refractivity contribution in [3.8, 4) is 5.75 Å². The summed E-state index contributed by atoms with van der Waals surface area (Å²) in [5.74, 6) is 1.61. The van der Waals surface area contributed by atoms with Crippen LogP contribution in [-0.4, -0.2) is 18.8 Å². The van der Waals surface area contributed by atoms with Gasteiger partial charge in [0.1, 0.15) is 5.75 Å². The van der Waals surface area contributed by atoms with Gasteiger partial charge < -0.3 is 9.47 Å². The van der Waals surface area contributed by atoms with Crippen molar-refractivity contribution in [2.75, 3.05) is 6.61 Å². The molecule has 0 aliphatic carbocycles.